The second-order valence-corrected chi connectivity index (χ2v) is 4.98. The van der Waals surface area contributed by atoms with Crippen molar-refractivity contribution < 1.29 is 5.11 Å². The predicted octanol–water partition coefficient (Wildman–Crippen LogP) is 1.22. The lowest BCUT2D eigenvalue weighted by Crippen LogP contribution is -2.47. The highest BCUT2D eigenvalue weighted by molar-refractivity contribution is 4.80. The zero-order valence-electron chi connectivity index (χ0n) is 10.4. The molecule has 0 radical (unpaired) electrons. The van der Waals surface area contributed by atoms with Crippen LogP contribution in [0.15, 0.2) is 0 Å². The Morgan fingerprint density at radius 2 is 1.87 bits per heavy atom. The molecule has 1 saturated heterocycles. The van der Waals surface area contributed by atoms with Crippen LogP contribution in [0.4, 0.5) is 0 Å². The van der Waals surface area contributed by atoms with E-state index >= 15 is 0 Å². The summed E-state index contributed by atoms with van der Waals surface area (Å²) in [5.41, 5.74) is 0. The molecule has 0 aromatic rings. The average molecular weight is 214 g/mol. The lowest BCUT2D eigenvalue weighted by molar-refractivity contribution is 0.154. The van der Waals surface area contributed by atoms with Crippen LogP contribution in [-0.4, -0.2) is 47.8 Å². The molecule has 0 aromatic carbocycles. The molecule has 0 amide bonds. The zero-order chi connectivity index (χ0) is 11.3. The Kier molecular flexibility index (Phi) is 5.58. The highest BCUT2D eigenvalue weighted by atomic mass is 16.3. The maximum atomic E-state index is 8.83. The fourth-order valence-electron chi connectivity index (χ4n) is 2.26. The Labute approximate surface area is 93.9 Å². The lowest BCUT2D eigenvalue weighted by atomic mass is 10.0. The van der Waals surface area contributed by atoms with Crippen molar-refractivity contribution in [1.82, 2.24) is 10.2 Å². The standard InChI is InChI=1S/C12H26N2O/c1-10(2)14-7-4-12(5-8-14)13-11(3)6-9-15/h10-13,15H,4-9H2,1-3H3. The van der Waals surface area contributed by atoms with Gasteiger partial charge in [0, 0.05) is 24.7 Å². The first-order valence-corrected chi connectivity index (χ1v) is 6.24. The summed E-state index contributed by atoms with van der Waals surface area (Å²) >= 11 is 0. The number of likely N-dealkylation sites (tertiary alicyclic amines) is 1. The van der Waals surface area contributed by atoms with Crippen LogP contribution >= 0.6 is 0 Å². The summed E-state index contributed by atoms with van der Waals surface area (Å²) in [7, 11) is 0. The zero-order valence-corrected chi connectivity index (χ0v) is 10.4. The monoisotopic (exact) mass is 214 g/mol. The summed E-state index contributed by atoms with van der Waals surface area (Å²) in [4.78, 5) is 2.54. The van der Waals surface area contributed by atoms with Gasteiger partial charge in [-0.15, -0.1) is 0 Å². The van der Waals surface area contributed by atoms with E-state index < -0.39 is 0 Å². The molecule has 0 bridgehead atoms. The van der Waals surface area contributed by atoms with Gasteiger partial charge in [0.05, 0.1) is 0 Å². The Balaban J connectivity index is 2.19. The molecule has 1 heterocycles. The molecule has 1 unspecified atom stereocenters. The second-order valence-electron chi connectivity index (χ2n) is 4.98. The van der Waals surface area contributed by atoms with E-state index in [0.29, 0.717) is 24.7 Å². The predicted molar refractivity (Wildman–Crippen MR) is 64.0 cm³/mol. The summed E-state index contributed by atoms with van der Waals surface area (Å²) in [5, 5.41) is 12.4. The van der Waals surface area contributed by atoms with E-state index in [2.05, 4.69) is 31.0 Å². The Bertz CT molecular complexity index is 165. The minimum Gasteiger partial charge on any atom is -0.396 e. The molecule has 0 aliphatic carbocycles. The molecule has 0 spiro atoms. The van der Waals surface area contributed by atoms with Gasteiger partial charge in [-0.2, -0.15) is 0 Å². The SMILES string of the molecule is CC(CCO)NC1CCN(C(C)C)CC1. The van der Waals surface area contributed by atoms with E-state index in [1.807, 2.05) is 0 Å². The quantitative estimate of drug-likeness (QED) is 0.722. The molecule has 1 atom stereocenters. The third-order valence-electron chi connectivity index (χ3n) is 3.34. The lowest BCUT2D eigenvalue weighted by Gasteiger charge is -2.36. The minimum atomic E-state index is 0.291. The van der Waals surface area contributed by atoms with Crippen LogP contribution in [0.3, 0.4) is 0 Å². The molecule has 15 heavy (non-hydrogen) atoms. The molecule has 90 valence electrons. The van der Waals surface area contributed by atoms with E-state index in [1.165, 1.54) is 25.9 Å². The van der Waals surface area contributed by atoms with E-state index in [0.717, 1.165) is 6.42 Å². The van der Waals surface area contributed by atoms with Crippen molar-refractivity contribution in [2.75, 3.05) is 19.7 Å². The van der Waals surface area contributed by atoms with Gasteiger partial charge in [0.25, 0.3) is 0 Å². The van der Waals surface area contributed by atoms with Gasteiger partial charge < -0.3 is 15.3 Å². The number of nitrogens with one attached hydrogen (secondary N) is 1. The first-order chi connectivity index (χ1) is 7.13. The Morgan fingerprint density at radius 3 is 2.33 bits per heavy atom. The molecule has 1 rings (SSSR count). The van der Waals surface area contributed by atoms with Crippen molar-refractivity contribution in [3.8, 4) is 0 Å². The summed E-state index contributed by atoms with van der Waals surface area (Å²) in [5.74, 6) is 0. The highest BCUT2D eigenvalue weighted by Crippen LogP contribution is 2.13. The first kappa shape index (κ1) is 12.9. The molecule has 3 heteroatoms. The molecular weight excluding hydrogens is 188 g/mol. The van der Waals surface area contributed by atoms with Gasteiger partial charge in [-0.25, -0.2) is 0 Å². The minimum absolute atomic E-state index is 0.291. The maximum Gasteiger partial charge on any atom is 0.0445 e. The second kappa shape index (κ2) is 6.46. The summed E-state index contributed by atoms with van der Waals surface area (Å²) in [6, 6.07) is 1.79. The van der Waals surface area contributed by atoms with Gasteiger partial charge in [-0.1, -0.05) is 0 Å². The third-order valence-corrected chi connectivity index (χ3v) is 3.34. The van der Waals surface area contributed by atoms with E-state index in [-0.39, 0.29) is 0 Å². The van der Waals surface area contributed by atoms with E-state index in [9.17, 15) is 0 Å². The number of piperidine rings is 1. The molecule has 1 fully saturated rings. The Morgan fingerprint density at radius 1 is 1.27 bits per heavy atom. The number of nitrogens with zero attached hydrogens (tertiary/aromatic N) is 1. The van der Waals surface area contributed by atoms with Gasteiger partial charge in [-0.05, 0) is 53.1 Å². The van der Waals surface area contributed by atoms with Gasteiger partial charge in [0.1, 0.15) is 0 Å². The van der Waals surface area contributed by atoms with E-state index in [1.54, 1.807) is 0 Å². The van der Waals surface area contributed by atoms with Crippen LogP contribution in [0.25, 0.3) is 0 Å². The molecule has 2 N–H and O–H groups in total. The molecule has 1 aliphatic rings. The van der Waals surface area contributed by atoms with Crippen LogP contribution in [-0.2, 0) is 0 Å². The molecule has 1 aliphatic heterocycles. The Hall–Kier alpha value is -0.120. The first-order valence-electron chi connectivity index (χ1n) is 6.24. The van der Waals surface area contributed by atoms with Crippen LogP contribution in [0.2, 0.25) is 0 Å². The van der Waals surface area contributed by atoms with Crippen molar-refractivity contribution in [3.05, 3.63) is 0 Å². The average Bonchev–Trinajstić information content (AvgIpc) is 2.18. The molecule has 3 nitrogen and oxygen atoms in total. The van der Waals surface area contributed by atoms with Crippen LogP contribution in [0, 0.1) is 0 Å². The van der Waals surface area contributed by atoms with Crippen molar-refractivity contribution in [2.45, 2.75) is 58.2 Å². The highest BCUT2D eigenvalue weighted by Gasteiger charge is 2.21. The summed E-state index contributed by atoms with van der Waals surface area (Å²) in [6.07, 6.45) is 3.35. The third kappa shape index (κ3) is 4.49. The number of hydrogen-bond donors (Lipinski definition) is 2. The van der Waals surface area contributed by atoms with Gasteiger partial charge in [-0.3, -0.25) is 0 Å². The topological polar surface area (TPSA) is 35.5 Å². The van der Waals surface area contributed by atoms with Crippen LogP contribution in [0.1, 0.15) is 40.0 Å². The summed E-state index contributed by atoms with van der Waals surface area (Å²) < 4.78 is 0. The number of hydrogen-bond acceptors (Lipinski definition) is 3. The number of rotatable bonds is 5. The molecule has 0 saturated carbocycles. The number of aliphatic hydroxyl groups is 1. The fraction of sp³-hybridized carbons (Fsp3) is 1.00. The van der Waals surface area contributed by atoms with Gasteiger partial charge >= 0.3 is 0 Å². The van der Waals surface area contributed by atoms with Crippen molar-refractivity contribution in [3.63, 3.8) is 0 Å². The smallest absolute Gasteiger partial charge is 0.0445 e. The van der Waals surface area contributed by atoms with Crippen LogP contribution in [0.5, 0.6) is 0 Å². The molecular formula is C12H26N2O. The summed E-state index contributed by atoms with van der Waals surface area (Å²) in [6.45, 7) is 9.40. The fourth-order valence-corrected chi connectivity index (χ4v) is 2.26. The van der Waals surface area contributed by atoms with E-state index in [4.69, 9.17) is 5.11 Å². The van der Waals surface area contributed by atoms with Crippen molar-refractivity contribution >= 4 is 0 Å². The van der Waals surface area contributed by atoms with Gasteiger partial charge in [0.2, 0.25) is 0 Å². The van der Waals surface area contributed by atoms with Crippen molar-refractivity contribution in [2.24, 2.45) is 0 Å². The van der Waals surface area contributed by atoms with Crippen LogP contribution < -0.4 is 5.32 Å². The normalized spacial score (nSPS) is 22.2. The number of aliphatic hydroxyl groups excluding tert-OH is 1. The van der Waals surface area contributed by atoms with Crippen molar-refractivity contribution in [1.29, 1.82) is 0 Å². The largest absolute Gasteiger partial charge is 0.396 e. The maximum absolute atomic E-state index is 8.83. The van der Waals surface area contributed by atoms with Gasteiger partial charge in [0.15, 0.2) is 0 Å². The molecule has 0 aromatic heterocycles.